The van der Waals surface area contributed by atoms with Crippen molar-refractivity contribution in [2.24, 2.45) is 0 Å². The Morgan fingerprint density at radius 1 is 0.304 bits per heavy atom. The molecule has 0 amide bonds. The molecule has 0 unspecified atom stereocenters. The fourth-order valence-electron chi connectivity index (χ4n) is 8.82. The van der Waals surface area contributed by atoms with Crippen molar-refractivity contribution in [2.45, 2.75) is 19.3 Å². The van der Waals surface area contributed by atoms with E-state index in [1.807, 2.05) is 0 Å². The maximum Gasteiger partial charge on any atom is 0.0543 e. The van der Waals surface area contributed by atoms with Crippen molar-refractivity contribution >= 4 is 27.8 Å². The molecule has 0 heterocycles. The van der Waals surface area contributed by atoms with Crippen LogP contribution >= 0.6 is 0 Å². The number of hydrogen-bond acceptors (Lipinski definition) is 1. The number of fused-ring (bicyclic) bond motifs is 4. The van der Waals surface area contributed by atoms with E-state index in [9.17, 15) is 0 Å². The molecule has 0 atom stereocenters. The molecular formula is C55H41N. The summed E-state index contributed by atoms with van der Waals surface area (Å²) < 4.78 is 0. The van der Waals surface area contributed by atoms with Gasteiger partial charge in [-0.15, -0.1) is 0 Å². The van der Waals surface area contributed by atoms with Gasteiger partial charge in [0.15, 0.2) is 0 Å². The van der Waals surface area contributed by atoms with Crippen LogP contribution in [-0.2, 0) is 5.41 Å². The van der Waals surface area contributed by atoms with Crippen molar-refractivity contribution in [3.8, 4) is 55.6 Å². The van der Waals surface area contributed by atoms with Gasteiger partial charge in [0, 0.05) is 22.1 Å². The van der Waals surface area contributed by atoms with Crippen molar-refractivity contribution < 1.29 is 0 Å². The Bertz CT molecular complexity index is 2860. The van der Waals surface area contributed by atoms with Gasteiger partial charge in [-0.3, -0.25) is 0 Å². The van der Waals surface area contributed by atoms with Crippen molar-refractivity contribution in [1.82, 2.24) is 0 Å². The maximum atomic E-state index is 2.52. The van der Waals surface area contributed by atoms with Gasteiger partial charge in [-0.05, 0) is 85.1 Å². The standard InChI is InChI=1S/C55H41N/c1-55(2)49-22-11-8-21-48(49)54-50(55)23-14-26-53(54)56(51-24-12-9-19-46(51)42-32-27-40(28-33-42)38-15-4-3-5-16-38)52-25-13-10-20-47(52)43-34-29-41(30-35-43)45-36-31-39-17-6-7-18-44(39)37-45/h3-37H,1-2H3. The van der Waals surface area contributed by atoms with Crippen LogP contribution in [0.2, 0.25) is 0 Å². The summed E-state index contributed by atoms with van der Waals surface area (Å²) in [5.74, 6) is 0. The van der Waals surface area contributed by atoms with Gasteiger partial charge >= 0.3 is 0 Å². The third-order valence-corrected chi connectivity index (χ3v) is 11.7. The van der Waals surface area contributed by atoms with Crippen LogP contribution < -0.4 is 4.90 Å². The molecule has 1 aliphatic carbocycles. The van der Waals surface area contributed by atoms with Crippen molar-refractivity contribution in [2.75, 3.05) is 4.90 Å². The van der Waals surface area contributed by atoms with Crippen LogP contribution in [0.1, 0.15) is 25.0 Å². The van der Waals surface area contributed by atoms with Crippen molar-refractivity contribution in [1.29, 1.82) is 0 Å². The Morgan fingerprint density at radius 3 is 1.41 bits per heavy atom. The van der Waals surface area contributed by atoms with Gasteiger partial charge in [0.25, 0.3) is 0 Å². The summed E-state index contributed by atoms with van der Waals surface area (Å²) in [5, 5.41) is 2.51. The lowest BCUT2D eigenvalue weighted by molar-refractivity contribution is 0.660. The highest BCUT2D eigenvalue weighted by molar-refractivity contribution is 6.00. The predicted molar refractivity (Wildman–Crippen MR) is 238 cm³/mol. The van der Waals surface area contributed by atoms with Crippen LogP contribution in [0.15, 0.2) is 212 Å². The molecule has 56 heavy (non-hydrogen) atoms. The number of nitrogens with zero attached hydrogens (tertiary/aromatic N) is 1. The summed E-state index contributed by atoms with van der Waals surface area (Å²) in [5.41, 5.74) is 18.2. The first-order chi connectivity index (χ1) is 27.5. The van der Waals surface area contributed by atoms with E-state index in [4.69, 9.17) is 0 Å². The first-order valence-corrected chi connectivity index (χ1v) is 19.5. The van der Waals surface area contributed by atoms with Gasteiger partial charge in [0.2, 0.25) is 0 Å². The molecular weight excluding hydrogens is 675 g/mol. The summed E-state index contributed by atoms with van der Waals surface area (Å²) >= 11 is 0. The Kier molecular flexibility index (Phi) is 8.23. The Balaban J connectivity index is 1.16. The number of benzene rings is 9. The molecule has 0 saturated heterocycles. The van der Waals surface area contributed by atoms with Gasteiger partial charge < -0.3 is 4.90 Å². The van der Waals surface area contributed by atoms with Crippen LogP contribution in [-0.4, -0.2) is 0 Å². The minimum atomic E-state index is -0.126. The van der Waals surface area contributed by atoms with Crippen LogP contribution in [0.4, 0.5) is 17.1 Å². The molecule has 1 nitrogen and oxygen atoms in total. The molecule has 1 heteroatoms. The lowest BCUT2D eigenvalue weighted by atomic mass is 9.82. The van der Waals surface area contributed by atoms with E-state index in [2.05, 4.69) is 231 Å². The molecule has 1 aliphatic rings. The summed E-state index contributed by atoms with van der Waals surface area (Å²) in [6.07, 6.45) is 0. The average Bonchev–Trinajstić information content (AvgIpc) is 3.50. The number of rotatable bonds is 7. The van der Waals surface area contributed by atoms with Crippen molar-refractivity contribution in [3.63, 3.8) is 0 Å². The highest BCUT2D eigenvalue weighted by atomic mass is 15.2. The number of hydrogen-bond donors (Lipinski definition) is 0. The quantitative estimate of drug-likeness (QED) is 0.159. The Hall–Kier alpha value is -6.96. The van der Waals surface area contributed by atoms with Gasteiger partial charge in [-0.25, -0.2) is 0 Å². The predicted octanol–water partition coefficient (Wildman–Crippen LogP) is 15.3. The summed E-state index contributed by atoms with van der Waals surface area (Å²) in [7, 11) is 0. The summed E-state index contributed by atoms with van der Waals surface area (Å²) in [6, 6.07) is 77.6. The second-order valence-electron chi connectivity index (χ2n) is 15.3. The molecule has 0 aromatic heterocycles. The zero-order valence-corrected chi connectivity index (χ0v) is 31.7. The van der Waals surface area contributed by atoms with Gasteiger partial charge in [-0.1, -0.05) is 202 Å². The average molecular weight is 716 g/mol. The summed E-state index contributed by atoms with van der Waals surface area (Å²) in [6.45, 7) is 4.72. The Labute approximate surface area is 329 Å². The zero-order chi connectivity index (χ0) is 37.6. The lowest BCUT2D eigenvalue weighted by Gasteiger charge is -2.32. The molecule has 0 fully saturated rings. The molecule has 0 aliphatic heterocycles. The van der Waals surface area contributed by atoms with E-state index >= 15 is 0 Å². The largest absolute Gasteiger partial charge is 0.309 e. The Morgan fingerprint density at radius 2 is 0.750 bits per heavy atom. The second kappa shape index (κ2) is 13.7. The summed E-state index contributed by atoms with van der Waals surface area (Å²) in [4.78, 5) is 2.52. The maximum absolute atomic E-state index is 2.52. The first-order valence-electron chi connectivity index (χ1n) is 19.5. The fourth-order valence-corrected chi connectivity index (χ4v) is 8.82. The lowest BCUT2D eigenvalue weighted by Crippen LogP contribution is -2.16. The molecule has 9 aromatic rings. The van der Waals surface area contributed by atoms with Crippen LogP contribution in [0.25, 0.3) is 66.4 Å². The van der Waals surface area contributed by atoms with E-state index < -0.39 is 0 Å². The second-order valence-corrected chi connectivity index (χ2v) is 15.3. The molecule has 9 aromatic carbocycles. The molecule has 10 rings (SSSR count). The highest BCUT2D eigenvalue weighted by Crippen LogP contribution is 2.55. The minimum Gasteiger partial charge on any atom is -0.309 e. The SMILES string of the molecule is CC1(C)c2ccccc2-c2c(N(c3ccccc3-c3ccc(-c4ccccc4)cc3)c3ccccc3-c3ccc(-c4ccc5ccccc5c4)cc3)cccc21. The fraction of sp³-hybridized carbons (Fsp3) is 0.0545. The van der Waals surface area contributed by atoms with Crippen LogP contribution in [0.3, 0.4) is 0 Å². The van der Waals surface area contributed by atoms with Crippen LogP contribution in [0.5, 0.6) is 0 Å². The number of para-hydroxylation sites is 2. The zero-order valence-electron chi connectivity index (χ0n) is 31.7. The monoisotopic (exact) mass is 715 g/mol. The molecule has 0 radical (unpaired) electrons. The van der Waals surface area contributed by atoms with E-state index in [-0.39, 0.29) is 5.41 Å². The topological polar surface area (TPSA) is 3.24 Å². The molecule has 0 bridgehead atoms. The van der Waals surface area contributed by atoms with Crippen molar-refractivity contribution in [3.05, 3.63) is 223 Å². The number of anilines is 3. The molecule has 266 valence electrons. The van der Waals surface area contributed by atoms with Gasteiger partial charge in [0.05, 0.1) is 17.1 Å². The van der Waals surface area contributed by atoms with E-state index in [0.29, 0.717) is 0 Å². The van der Waals surface area contributed by atoms with E-state index in [1.54, 1.807) is 0 Å². The smallest absolute Gasteiger partial charge is 0.0543 e. The first kappa shape index (κ1) is 33.6. The molecule has 0 spiro atoms. The van der Waals surface area contributed by atoms with E-state index in [1.165, 1.54) is 83.2 Å². The third-order valence-electron chi connectivity index (χ3n) is 11.7. The minimum absolute atomic E-state index is 0.126. The van der Waals surface area contributed by atoms with Gasteiger partial charge in [-0.2, -0.15) is 0 Å². The molecule has 0 N–H and O–H groups in total. The molecule has 0 saturated carbocycles. The van der Waals surface area contributed by atoms with E-state index in [0.717, 1.165) is 11.4 Å². The third kappa shape index (κ3) is 5.72. The van der Waals surface area contributed by atoms with Crippen LogP contribution in [0, 0.1) is 0 Å². The normalized spacial score (nSPS) is 12.6. The highest BCUT2D eigenvalue weighted by Gasteiger charge is 2.38. The van der Waals surface area contributed by atoms with Gasteiger partial charge in [0.1, 0.15) is 0 Å².